The highest BCUT2D eigenvalue weighted by Crippen LogP contribution is 2.62. The molecule has 1 fully saturated rings. The molecule has 10 rings (SSSR count). The summed E-state index contributed by atoms with van der Waals surface area (Å²) in [7, 11) is 0. The van der Waals surface area contributed by atoms with Crippen molar-refractivity contribution in [3.8, 4) is 0 Å². The summed E-state index contributed by atoms with van der Waals surface area (Å²) >= 11 is 0. The van der Waals surface area contributed by atoms with E-state index in [1.165, 1.54) is 92.9 Å². The fourth-order valence-corrected chi connectivity index (χ4v) is 10.6. The van der Waals surface area contributed by atoms with Gasteiger partial charge >= 0.3 is 0 Å². The van der Waals surface area contributed by atoms with E-state index < -0.39 is 0 Å². The first-order chi connectivity index (χ1) is 26.0. The Morgan fingerprint density at radius 1 is 0.611 bits per heavy atom. The Kier molecular flexibility index (Phi) is 7.19. The zero-order chi connectivity index (χ0) is 37.1. The zero-order valence-corrected chi connectivity index (χ0v) is 32.9. The number of hydrogen-bond donors (Lipinski definition) is 0. The minimum absolute atomic E-state index is 0.0254. The molecule has 54 heavy (non-hydrogen) atoms. The van der Waals surface area contributed by atoms with E-state index in [0.717, 1.165) is 11.4 Å². The summed E-state index contributed by atoms with van der Waals surface area (Å²) < 4.78 is 0. The van der Waals surface area contributed by atoms with Crippen molar-refractivity contribution in [2.75, 3.05) is 14.7 Å². The van der Waals surface area contributed by atoms with E-state index in [4.69, 9.17) is 0 Å². The normalized spacial score (nSPS) is 20.6. The Labute approximate surface area is 322 Å². The second kappa shape index (κ2) is 11.6. The molecule has 1 saturated carbocycles. The van der Waals surface area contributed by atoms with Crippen LogP contribution in [0.25, 0.3) is 0 Å². The average molecular weight is 704 g/mol. The van der Waals surface area contributed by atoms with Crippen LogP contribution < -0.4 is 31.1 Å². The van der Waals surface area contributed by atoms with Gasteiger partial charge < -0.3 is 14.7 Å². The molecule has 6 aromatic carbocycles. The number of anilines is 8. The van der Waals surface area contributed by atoms with Gasteiger partial charge in [0.15, 0.2) is 0 Å². The van der Waals surface area contributed by atoms with Crippen LogP contribution >= 0.6 is 0 Å². The fourth-order valence-electron chi connectivity index (χ4n) is 10.6. The van der Waals surface area contributed by atoms with Crippen LogP contribution in [0.4, 0.5) is 45.5 Å². The highest BCUT2D eigenvalue weighted by Gasteiger charge is 2.61. The molecule has 1 aliphatic carbocycles. The zero-order valence-electron chi connectivity index (χ0n) is 32.9. The number of benzene rings is 6. The quantitative estimate of drug-likeness (QED) is 0.169. The summed E-state index contributed by atoms with van der Waals surface area (Å²) in [6, 6.07) is 48.4. The summed E-state index contributed by atoms with van der Waals surface area (Å²) in [6.45, 7) is 16.9. The number of hydrogen-bond acceptors (Lipinski definition) is 3. The minimum Gasteiger partial charge on any atom is -0.335 e. The van der Waals surface area contributed by atoms with Crippen molar-refractivity contribution >= 4 is 68.6 Å². The van der Waals surface area contributed by atoms with Gasteiger partial charge in [-0.2, -0.15) is 0 Å². The summed E-state index contributed by atoms with van der Waals surface area (Å²) in [4.78, 5) is 7.91. The molecular weight excluding hydrogens is 653 g/mol. The smallest absolute Gasteiger partial charge is 0.252 e. The predicted molar refractivity (Wildman–Crippen MR) is 231 cm³/mol. The number of fused-ring (bicyclic) bond motifs is 7. The molecule has 3 heterocycles. The standard InChI is InChI=1S/C50H50BN3/c1-33-17-16-22-38(27-33)53-43-28-34(2)23-24-41(43)51-42-30-35(48(3,4)5)29-40-47(42)54(50(7)26-15-14-25-49(40,50)6)45-32-39(31-44(53)46(45)51)52(36-18-10-8-11-19-36)37-20-12-9-13-21-37/h8-13,16-24,27-32H,14-15,25-26H2,1-7H3. The lowest BCUT2D eigenvalue weighted by molar-refractivity contribution is 0.195. The molecule has 4 aliphatic rings. The summed E-state index contributed by atoms with van der Waals surface area (Å²) in [5, 5.41) is 0. The van der Waals surface area contributed by atoms with E-state index in [-0.39, 0.29) is 23.1 Å². The van der Waals surface area contributed by atoms with Crippen LogP contribution in [0.2, 0.25) is 0 Å². The number of para-hydroxylation sites is 2. The first kappa shape index (κ1) is 33.4. The Morgan fingerprint density at radius 2 is 1.28 bits per heavy atom. The van der Waals surface area contributed by atoms with Gasteiger partial charge in [0.05, 0.1) is 11.2 Å². The summed E-state index contributed by atoms with van der Waals surface area (Å²) in [6.07, 6.45) is 4.90. The van der Waals surface area contributed by atoms with Crippen LogP contribution in [0, 0.1) is 13.8 Å². The monoisotopic (exact) mass is 703 g/mol. The van der Waals surface area contributed by atoms with Crippen molar-refractivity contribution in [1.82, 2.24) is 0 Å². The highest BCUT2D eigenvalue weighted by atomic mass is 15.3. The maximum atomic E-state index is 2.86. The highest BCUT2D eigenvalue weighted by molar-refractivity contribution is 7.00. The van der Waals surface area contributed by atoms with Gasteiger partial charge in [0.25, 0.3) is 6.71 Å². The van der Waals surface area contributed by atoms with Crippen LogP contribution in [0.1, 0.15) is 82.6 Å². The van der Waals surface area contributed by atoms with Crippen LogP contribution in [0.3, 0.4) is 0 Å². The molecule has 3 nitrogen and oxygen atoms in total. The lowest BCUT2D eigenvalue weighted by atomic mass is 9.33. The minimum atomic E-state index is -0.0672. The van der Waals surface area contributed by atoms with Gasteiger partial charge in [-0.3, -0.25) is 0 Å². The predicted octanol–water partition coefficient (Wildman–Crippen LogP) is 11.4. The molecule has 4 heteroatoms. The van der Waals surface area contributed by atoms with Crippen molar-refractivity contribution in [2.45, 2.75) is 90.5 Å². The maximum absolute atomic E-state index is 2.86. The van der Waals surface area contributed by atoms with Gasteiger partial charge in [-0.15, -0.1) is 0 Å². The Hall–Kier alpha value is -5.22. The van der Waals surface area contributed by atoms with Gasteiger partial charge in [-0.25, -0.2) is 0 Å². The van der Waals surface area contributed by atoms with Crippen LogP contribution in [0.15, 0.2) is 127 Å². The second-order valence-electron chi connectivity index (χ2n) is 17.9. The molecular formula is C50H50BN3. The molecule has 2 unspecified atom stereocenters. The van der Waals surface area contributed by atoms with Crippen LogP contribution in [-0.2, 0) is 10.8 Å². The Morgan fingerprint density at radius 3 is 1.96 bits per heavy atom. The van der Waals surface area contributed by atoms with E-state index in [9.17, 15) is 0 Å². The molecule has 0 amide bonds. The van der Waals surface area contributed by atoms with Crippen LogP contribution in [0.5, 0.6) is 0 Å². The van der Waals surface area contributed by atoms with Gasteiger partial charge in [0.1, 0.15) is 0 Å². The third-order valence-electron chi connectivity index (χ3n) is 13.6. The molecule has 0 radical (unpaired) electrons. The first-order valence-corrected chi connectivity index (χ1v) is 20.0. The molecule has 0 N–H and O–H groups in total. The second-order valence-corrected chi connectivity index (χ2v) is 17.9. The topological polar surface area (TPSA) is 9.72 Å². The molecule has 0 saturated heterocycles. The number of nitrogens with zero attached hydrogens (tertiary/aromatic N) is 3. The fraction of sp³-hybridized carbons (Fsp3) is 0.280. The Bertz CT molecular complexity index is 2430. The van der Waals surface area contributed by atoms with Crippen molar-refractivity contribution in [3.05, 3.63) is 150 Å². The lowest BCUT2D eigenvalue weighted by Gasteiger charge is -2.53. The van der Waals surface area contributed by atoms with Gasteiger partial charge in [0, 0.05) is 45.2 Å². The van der Waals surface area contributed by atoms with E-state index >= 15 is 0 Å². The molecule has 0 spiro atoms. The van der Waals surface area contributed by atoms with Crippen molar-refractivity contribution in [1.29, 1.82) is 0 Å². The Balaban J connectivity index is 1.37. The van der Waals surface area contributed by atoms with E-state index in [0.29, 0.717) is 0 Å². The van der Waals surface area contributed by atoms with Gasteiger partial charge in [-0.05, 0) is 132 Å². The number of rotatable bonds is 4. The van der Waals surface area contributed by atoms with Crippen molar-refractivity contribution < 1.29 is 0 Å². The molecule has 268 valence electrons. The molecule has 0 bridgehead atoms. The maximum Gasteiger partial charge on any atom is 0.252 e. The SMILES string of the molecule is Cc1cccc(N2c3cc(C)ccc3B3c4cc(C(C)(C)C)cc5c4N(c4cc(N(c6ccccc6)c6ccccc6)cc2c43)C2(C)CCCCC52C)c1. The van der Waals surface area contributed by atoms with E-state index in [2.05, 4.69) is 191 Å². The first-order valence-electron chi connectivity index (χ1n) is 20.0. The van der Waals surface area contributed by atoms with Crippen molar-refractivity contribution in [2.24, 2.45) is 0 Å². The van der Waals surface area contributed by atoms with Gasteiger partial charge in [0.2, 0.25) is 0 Å². The van der Waals surface area contributed by atoms with Crippen molar-refractivity contribution in [3.63, 3.8) is 0 Å². The van der Waals surface area contributed by atoms with E-state index in [1.807, 2.05) is 0 Å². The third kappa shape index (κ3) is 4.61. The van der Waals surface area contributed by atoms with E-state index in [1.54, 1.807) is 5.56 Å². The van der Waals surface area contributed by atoms with Crippen LogP contribution in [-0.4, -0.2) is 12.3 Å². The summed E-state index contributed by atoms with van der Waals surface area (Å²) in [5.74, 6) is 0. The summed E-state index contributed by atoms with van der Waals surface area (Å²) in [5.41, 5.74) is 19.9. The molecule has 2 atom stereocenters. The lowest BCUT2D eigenvalue weighted by Crippen LogP contribution is -2.64. The third-order valence-corrected chi connectivity index (χ3v) is 13.6. The average Bonchev–Trinajstić information content (AvgIpc) is 3.37. The molecule has 3 aliphatic heterocycles. The van der Waals surface area contributed by atoms with Gasteiger partial charge in [-0.1, -0.05) is 113 Å². The molecule has 6 aromatic rings. The largest absolute Gasteiger partial charge is 0.335 e. The molecule has 0 aromatic heterocycles. The number of aryl methyl sites for hydroxylation is 2.